The van der Waals surface area contributed by atoms with E-state index in [1.807, 2.05) is 36.2 Å². The number of nitriles is 1. The van der Waals surface area contributed by atoms with Gasteiger partial charge in [-0.3, -0.25) is 25.1 Å². The van der Waals surface area contributed by atoms with E-state index in [0.29, 0.717) is 36.3 Å². The molecule has 1 aromatic rings. The summed E-state index contributed by atoms with van der Waals surface area (Å²) >= 11 is 13.2. The van der Waals surface area contributed by atoms with Crippen LogP contribution >= 0.6 is 23.2 Å². The minimum atomic E-state index is -1.31. The second-order valence-corrected chi connectivity index (χ2v) is 11.5. The van der Waals surface area contributed by atoms with E-state index in [0.717, 1.165) is 37.1 Å². The summed E-state index contributed by atoms with van der Waals surface area (Å²) in [5.41, 5.74) is 3.23. The van der Waals surface area contributed by atoms with Gasteiger partial charge in [-0.15, -0.1) is 0 Å². The highest BCUT2D eigenvalue weighted by Crippen LogP contribution is 2.38. The van der Waals surface area contributed by atoms with Crippen LogP contribution in [0.25, 0.3) is 0 Å². The smallest absolute Gasteiger partial charge is 0.327 e. The van der Waals surface area contributed by atoms with Crippen molar-refractivity contribution >= 4 is 41.0 Å². The topological polar surface area (TPSA) is 147 Å². The standard InChI is InChI=1S/C29H32Cl2N6O5/c1-16-18-6-2-3-7-22(18)42-25(16)27(39)37-11-8-19-17(14-37)12-20(30)23(24(19)31)26(38)35-21(28(40)41)13-33-29(34-15-32)36-9-4-5-10-36/h2-3,6,12,21-22,29,33-34H,4-5,7-11,13-14H2,1H3,(H,35,38)(H,40,41)/t21-,22?,29?/m0/s1. The first kappa shape index (κ1) is 29.9. The number of likely N-dealkylation sites (tertiary alicyclic amines) is 1. The number of benzene rings is 1. The summed E-state index contributed by atoms with van der Waals surface area (Å²) < 4.78 is 6.00. The van der Waals surface area contributed by atoms with E-state index in [1.165, 1.54) is 0 Å². The Bertz CT molecular complexity index is 1430. The molecule has 11 nitrogen and oxygen atoms in total. The fourth-order valence-corrected chi connectivity index (χ4v) is 6.59. The average Bonchev–Trinajstić information content (AvgIpc) is 3.62. The van der Waals surface area contributed by atoms with E-state index in [2.05, 4.69) is 16.0 Å². The monoisotopic (exact) mass is 614 g/mol. The molecule has 222 valence electrons. The number of carbonyl (C=O) groups excluding carboxylic acids is 2. The van der Waals surface area contributed by atoms with Gasteiger partial charge in [-0.1, -0.05) is 41.4 Å². The molecule has 1 saturated heterocycles. The van der Waals surface area contributed by atoms with Crippen molar-refractivity contribution in [3.63, 3.8) is 0 Å². The number of amides is 2. The van der Waals surface area contributed by atoms with Crippen LogP contribution in [0.4, 0.5) is 0 Å². The third-order valence-electron chi connectivity index (χ3n) is 8.08. The summed E-state index contributed by atoms with van der Waals surface area (Å²) in [6, 6.07) is 0.297. The fourth-order valence-electron chi connectivity index (χ4n) is 5.83. The van der Waals surface area contributed by atoms with Crippen LogP contribution in [0.15, 0.2) is 41.2 Å². The summed E-state index contributed by atoms with van der Waals surface area (Å²) in [5.74, 6) is -1.84. The summed E-state index contributed by atoms with van der Waals surface area (Å²) in [5, 5.41) is 27.2. The van der Waals surface area contributed by atoms with Crippen molar-refractivity contribution in [3.05, 3.63) is 67.9 Å². The molecule has 5 rings (SSSR count). The van der Waals surface area contributed by atoms with Crippen molar-refractivity contribution in [2.45, 2.75) is 57.6 Å². The molecule has 2 amide bonds. The summed E-state index contributed by atoms with van der Waals surface area (Å²) in [4.78, 5) is 42.3. The number of allylic oxidation sites excluding steroid dienone is 2. The number of carboxylic acid groups (broad SMARTS) is 1. The maximum atomic E-state index is 13.4. The van der Waals surface area contributed by atoms with Crippen molar-refractivity contribution in [3.8, 4) is 6.19 Å². The van der Waals surface area contributed by atoms with Crippen LogP contribution in [0.5, 0.6) is 0 Å². The lowest BCUT2D eigenvalue weighted by molar-refractivity contribution is -0.139. The Kier molecular flexibility index (Phi) is 9.08. The maximum Gasteiger partial charge on any atom is 0.327 e. The van der Waals surface area contributed by atoms with Crippen LogP contribution in [0, 0.1) is 11.5 Å². The molecule has 0 saturated carbocycles. The number of carbonyl (C=O) groups is 3. The van der Waals surface area contributed by atoms with E-state index in [4.69, 9.17) is 33.2 Å². The lowest BCUT2D eigenvalue weighted by Crippen LogP contribution is -2.57. The first-order chi connectivity index (χ1) is 20.2. The van der Waals surface area contributed by atoms with Gasteiger partial charge < -0.3 is 20.1 Å². The van der Waals surface area contributed by atoms with Crippen LogP contribution in [0.1, 0.15) is 47.7 Å². The number of fused-ring (bicyclic) bond motifs is 2. The van der Waals surface area contributed by atoms with Crippen LogP contribution in [0.2, 0.25) is 10.0 Å². The van der Waals surface area contributed by atoms with Gasteiger partial charge in [-0.2, -0.15) is 5.26 Å². The van der Waals surface area contributed by atoms with Crippen LogP contribution in [0.3, 0.4) is 0 Å². The minimum Gasteiger partial charge on any atom is -0.480 e. The molecular formula is C29H32Cl2N6O5. The average molecular weight is 616 g/mol. The quantitative estimate of drug-likeness (QED) is 0.187. The Morgan fingerprint density at radius 3 is 2.69 bits per heavy atom. The third kappa shape index (κ3) is 5.99. The largest absolute Gasteiger partial charge is 0.480 e. The Morgan fingerprint density at radius 2 is 2.00 bits per heavy atom. The highest BCUT2D eigenvalue weighted by atomic mass is 35.5. The predicted octanol–water partition coefficient (Wildman–Crippen LogP) is 2.66. The van der Waals surface area contributed by atoms with E-state index >= 15 is 0 Å². The fraction of sp³-hybridized carbons (Fsp3) is 0.448. The van der Waals surface area contributed by atoms with E-state index in [9.17, 15) is 19.5 Å². The van der Waals surface area contributed by atoms with Crippen molar-refractivity contribution in [2.75, 3.05) is 26.2 Å². The highest BCUT2D eigenvalue weighted by Gasteiger charge is 2.36. The number of halogens is 2. The van der Waals surface area contributed by atoms with Gasteiger partial charge >= 0.3 is 5.97 Å². The zero-order valence-corrected chi connectivity index (χ0v) is 24.6. The second-order valence-electron chi connectivity index (χ2n) is 10.7. The first-order valence-corrected chi connectivity index (χ1v) is 14.6. The minimum absolute atomic E-state index is 0.0180. The molecule has 0 aromatic heterocycles. The molecule has 2 unspecified atom stereocenters. The molecular weight excluding hydrogens is 583 g/mol. The van der Waals surface area contributed by atoms with Gasteiger partial charge in [0.2, 0.25) is 0 Å². The van der Waals surface area contributed by atoms with Crippen molar-refractivity contribution in [2.24, 2.45) is 0 Å². The van der Waals surface area contributed by atoms with Gasteiger partial charge in [0.1, 0.15) is 18.4 Å². The first-order valence-electron chi connectivity index (χ1n) is 13.9. The van der Waals surface area contributed by atoms with Crippen molar-refractivity contribution < 1.29 is 24.2 Å². The van der Waals surface area contributed by atoms with Gasteiger partial charge in [0.05, 0.1) is 15.6 Å². The van der Waals surface area contributed by atoms with Crippen LogP contribution in [-0.4, -0.2) is 77.3 Å². The van der Waals surface area contributed by atoms with Gasteiger partial charge in [0.25, 0.3) is 11.8 Å². The molecule has 0 spiro atoms. The summed E-state index contributed by atoms with van der Waals surface area (Å²) in [6.45, 7) is 3.88. The van der Waals surface area contributed by atoms with Crippen LogP contribution in [-0.2, 0) is 27.3 Å². The Labute approximate surface area is 253 Å². The van der Waals surface area contributed by atoms with E-state index in [-0.39, 0.29) is 40.7 Å². The zero-order valence-electron chi connectivity index (χ0n) is 23.1. The maximum absolute atomic E-state index is 13.4. The highest BCUT2D eigenvalue weighted by molar-refractivity contribution is 6.40. The van der Waals surface area contributed by atoms with Crippen molar-refractivity contribution in [1.29, 1.82) is 5.26 Å². The molecule has 4 N–H and O–H groups in total. The molecule has 1 fully saturated rings. The van der Waals surface area contributed by atoms with Crippen molar-refractivity contribution in [1.82, 2.24) is 25.8 Å². The molecule has 3 heterocycles. The number of carboxylic acids is 1. The second kappa shape index (κ2) is 12.8. The van der Waals surface area contributed by atoms with Gasteiger partial charge in [-0.25, -0.2) is 4.79 Å². The number of aliphatic carboxylic acids is 1. The SMILES string of the molecule is CC1=C(C(=O)N2CCc3c(cc(Cl)c(C(=O)N[C@@H](CNC(NC#N)N4CCCC4)C(=O)O)c3Cl)C2)OC2CC=CC=C12. The Morgan fingerprint density at radius 1 is 1.24 bits per heavy atom. The van der Waals surface area contributed by atoms with Crippen LogP contribution < -0.4 is 16.0 Å². The molecule has 4 aliphatic rings. The number of hydrogen-bond donors (Lipinski definition) is 4. The summed E-state index contributed by atoms with van der Waals surface area (Å²) in [6.07, 6.45) is 10.2. The number of nitrogens with one attached hydrogen (secondary N) is 3. The lowest BCUT2D eigenvalue weighted by atomic mass is 9.95. The number of ether oxygens (including phenoxy) is 1. The van der Waals surface area contributed by atoms with E-state index < -0.39 is 24.2 Å². The molecule has 1 aromatic carbocycles. The zero-order chi connectivity index (χ0) is 30.0. The Balaban J connectivity index is 1.28. The van der Waals surface area contributed by atoms with Gasteiger partial charge in [0.15, 0.2) is 12.0 Å². The molecule has 0 radical (unpaired) electrons. The van der Waals surface area contributed by atoms with Gasteiger partial charge in [-0.05, 0) is 49.0 Å². The number of nitrogens with zero attached hydrogens (tertiary/aromatic N) is 3. The lowest BCUT2D eigenvalue weighted by Gasteiger charge is -2.31. The Hall–Kier alpha value is -3.56. The molecule has 13 heteroatoms. The molecule has 42 heavy (non-hydrogen) atoms. The number of rotatable bonds is 9. The molecule has 0 bridgehead atoms. The van der Waals surface area contributed by atoms with Gasteiger partial charge in [0, 0.05) is 44.7 Å². The third-order valence-corrected chi connectivity index (χ3v) is 8.80. The van der Waals surface area contributed by atoms with E-state index in [1.54, 1.807) is 11.0 Å². The predicted molar refractivity (Wildman–Crippen MR) is 155 cm³/mol. The normalized spacial score (nSPS) is 21.0. The molecule has 3 aliphatic heterocycles. The molecule has 3 atom stereocenters. The summed E-state index contributed by atoms with van der Waals surface area (Å²) in [7, 11) is 0. The number of hydrogen-bond acceptors (Lipinski definition) is 8. The molecule has 1 aliphatic carbocycles.